The molecule has 1 aliphatic carbocycles. The van der Waals surface area contributed by atoms with E-state index in [0.717, 1.165) is 31.4 Å². The van der Waals surface area contributed by atoms with Gasteiger partial charge in [0, 0.05) is 31.1 Å². The van der Waals surface area contributed by atoms with Gasteiger partial charge in [-0.2, -0.15) is 0 Å². The third-order valence-corrected chi connectivity index (χ3v) is 4.30. The minimum Gasteiger partial charge on any atom is -0.353 e. The molecule has 0 aromatic carbocycles. The van der Waals surface area contributed by atoms with Crippen LogP contribution < -0.4 is 5.32 Å². The number of hydrogen-bond acceptors (Lipinski definition) is 2. The summed E-state index contributed by atoms with van der Waals surface area (Å²) in [7, 11) is 2.13. The lowest BCUT2D eigenvalue weighted by Crippen LogP contribution is -2.41. The van der Waals surface area contributed by atoms with E-state index >= 15 is 0 Å². The normalized spacial score (nSPS) is 21.7. The van der Waals surface area contributed by atoms with Crippen molar-refractivity contribution in [2.24, 2.45) is 10.9 Å². The van der Waals surface area contributed by atoms with Crippen LogP contribution in [0.3, 0.4) is 0 Å². The van der Waals surface area contributed by atoms with Crippen LogP contribution in [-0.2, 0) is 6.42 Å². The molecule has 0 bridgehead atoms. The van der Waals surface area contributed by atoms with Gasteiger partial charge < -0.3 is 10.2 Å². The average Bonchev–Trinajstić information content (AvgIpc) is 2.84. The summed E-state index contributed by atoms with van der Waals surface area (Å²) in [4.78, 5) is 8.26. The van der Waals surface area contributed by atoms with Gasteiger partial charge in [0.25, 0.3) is 0 Å². The summed E-state index contributed by atoms with van der Waals surface area (Å²) in [5.41, 5.74) is 0. The first kappa shape index (κ1) is 16.8. The summed E-state index contributed by atoms with van der Waals surface area (Å²) in [6, 6.07) is 4.95. The van der Waals surface area contributed by atoms with E-state index in [1.807, 2.05) is 11.3 Å². The van der Waals surface area contributed by atoms with Crippen LogP contribution in [0.4, 0.5) is 0 Å². The van der Waals surface area contributed by atoms with Crippen LogP contribution in [0.1, 0.15) is 25.1 Å². The van der Waals surface area contributed by atoms with Gasteiger partial charge in [-0.25, -0.2) is 0 Å². The Hall–Kier alpha value is -0.300. The van der Waals surface area contributed by atoms with Gasteiger partial charge in [-0.1, -0.05) is 13.0 Å². The molecule has 1 aliphatic rings. The lowest BCUT2D eigenvalue weighted by atomic mass is 10.3. The lowest BCUT2D eigenvalue weighted by Gasteiger charge is -2.22. The fourth-order valence-corrected chi connectivity index (χ4v) is 2.65. The van der Waals surface area contributed by atoms with Gasteiger partial charge in [0.2, 0.25) is 0 Å². The summed E-state index contributed by atoms with van der Waals surface area (Å²) in [5, 5.41) is 5.69. The van der Waals surface area contributed by atoms with Crippen LogP contribution in [0.15, 0.2) is 22.5 Å². The van der Waals surface area contributed by atoms with Crippen LogP contribution in [-0.4, -0.2) is 37.0 Å². The molecule has 1 aromatic rings. The number of nitrogens with zero attached hydrogens (tertiary/aromatic N) is 2. The first-order valence-corrected chi connectivity index (χ1v) is 7.63. The molecular weight excluding hydrogens is 369 g/mol. The molecule has 108 valence electrons. The molecule has 0 radical (unpaired) electrons. The minimum atomic E-state index is 0. The molecule has 2 atom stereocenters. The van der Waals surface area contributed by atoms with Gasteiger partial charge >= 0.3 is 0 Å². The summed E-state index contributed by atoms with van der Waals surface area (Å²) >= 11 is 1.83. The Morgan fingerprint density at radius 3 is 2.84 bits per heavy atom. The van der Waals surface area contributed by atoms with Crippen LogP contribution in [0, 0.1) is 5.92 Å². The van der Waals surface area contributed by atoms with E-state index < -0.39 is 0 Å². The number of guanidine groups is 1. The van der Waals surface area contributed by atoms with Gasteiger partial charge in [0.05, 0.1) is 0 Å². The molecule has 1 heterocycles. The molecule has 5 heteroatoms. The summed E-state index contributed by atoms with van der Waals surface area (Å²) < 4.78 is 0. The first-order valence-electron chi connectivity index (χ1n) is 6.75. The fraction of sp³-hybridized carbons (Fsp3) is 0.643. The van der Waals surface area contributed by atoms with E-state index in [4.69, 9.17) is 0 Å². The van der Waals surface area contributed by atoms with E-state index in [9.17, 15) is 0 Å². The van der Waals surface area contributed by atoms with Gasteiger partial charge in [-0.05, 0) is 37.1 Å². The van der Waals surface area contributed by atoms with Crippen molar-refractivity contribution < 1.29 is 0 Å². The molecule has 1 fully saturated rings. The Kier molecular flexibility index (Phi) is 7.13. The van der Waals surface area contributed by atoms with Crippen LogP contribution in [0.25, 0.3) is 0 Å². The monoisotopic (exact) mass is 393 g/mol. The highest BCUT2D eigenvalue weighted by Crippen LogP contribution is 2.29. The fourth-order valence-electron chi connectivity index (χ4n) is 1.95. The van der Waals surface area contributed by atoms with Crippen molar-refractivity contribution in [1.29, 1.82) is 0 Å². The molecule has 3 nitrogen and oxygen atoms in total. The van der Waals surface area contributed by atoms with E-state index in [2.05, 4.69) is 53.6 Å². The maximum Gasteiger partial charge on any atom is 0.193 e. The molecule has 0 amide bonds. The summed E-state index contributed by atoms with van der Waals surface area (Å²) in [5.74, 6) is 1.86. The number of thiophene rings is 1. The molecule has 1 aromatic heterocycles. The molecule has 1 saturated carbocycles. The second-order valence-electron chi connectivity index (χ2n) is 5.01. The largest absolute Gasteiger partial charge is 0.353 e. The highest BCUT2D eigenvalue weighted by molar-refractivity contribution is 14.0. The molecule has 1 N–H and O–H groups in total. The number of halogens is 1. The van der Waals surface area contributed by atoms with Crippen molar-refractivity contribution >= 4 is 41.3 Å². The maximum absolute atomic E-state index is 4.57. The standard InChI is InChI=1S/C14H23N3S.HI/c1-4-15-14(16-13-10-11(13)2)17(3)8-7-12-6-5-9-18-12;/h5-6,9,11,13H,4,7-8,10H2,1-3H3,(H,15,16);1H. The molecule has 2 unspecified atom stereocenters. The zero-order valence-electron chi connectivity index (χ0n) is 11.9. The second-order valence-corrected chi connectivity index (χ2v) is 6.04. The minimum absolute atomic E-state index is 0. The highest BCUT2D eigenvalue weighted by Gasteiger charge is 2.33. The number of hydrogen-bond donors (Lipinski definition) is 1. The molecule has 0 aliphatic heterocycles. The molecule has 0 saturated heterocycles. The van der Waals surface area contributed by atoms with E-state index in [1.165, 1.54) is 11.3 Å². The van der Waals surface area contributed by atoms with Crippen molar-refractivity contribution in [3.8, 4) is 0 Å². The molecule has 0 spiro atoms. The Balaban J connectivity index is 0.00000180. The van der Waals surface area contributed by atoms with E-state index in [-0.39, 0.29) is 24.0 Å². The number of likely N-dealkylation sites (N-methyl/N-ethyl adjacent to an activating group) is 1. The molecule has 2 rings (SSSR count). The quantitative estimate of drug-likeness (QED) is 0.473. The van der Waals surface area contributed by atoms with E-state index in [1.54, 1.807) is 0 Å². The van der Waals surface area contributed by atoms with Gasteiger partial charge in [0.15, 0.2) is 5.96 Å². The van der Waals surface area contributed by atoms with Crippen LogP contribution in [0.2, 0.25) is 0 Å². The third-order valence-electron chi connectivity index (χ3n) is 3.37. The summed E-state index contributed by atoms with van der Waals surface area (Å²) in [6.45, 7) is 6.23. The predicted molar refractivity (Wildman–Crippen MR) is 94.7 cm³/mol. The highest BCUT2D eigenvalue weighted by atomic mass is 127. The van der Waals surface area contributed by atoms with Crippen molar-refractivity contribution in [1.82, 2.24) is 10.2 Å². The number of nitrogens with one attached hydrogen (secondary N) is 1. The van der Waals surface area contributed by atoms with Crippen LogP contribution >= 0.6 is 35.3 Å². The Bertz CT molecular complexity index is 391. The zero-order valence-corrected chi connectivity index (χ0v) is 15.1. The van der Waals surface area contributed by atoms with Crippen molar-refractivity contribution in [2.45, 2.75) is 32.7 Å². The molecular formula is C14H24IN3S. The Morgan fingerprint density at radius 1 is 1.58 bits per heavy atom. The topological polar surface area (TPSA) is 27.6 Å². The smallest absolute Gasteiger partial charge is 0.193 e. The number of aliphatic imine (C=N–C) groups is 1. The van der Waals surface area contributed by atoms with Crippen molar-refractivity contribution in [2.75, 3.05) is 20.1 Å². The average molecular weight is 393 g/mol. The Morgan fingerprint density at radius 2 is 2.32 bits per heavy atom. The molecule has 19 heavy (non-hydrogen) atoms. The van der Waals surface area contributed by atoms with Gasteiger partial charge in [0.1, 0.15) is 0 Å². The summed E-state index contributed by atoms with van der Waals surface area (Å²) in [6.07, 6.45) is 2.38. The SMILES string of the molecule is CCN=C(NC1CC1C)N(C)CCc1cccs1.I. The van der Waals surface area contributed by atoms with Crippen molar-refractivity contribution in [3.63, 3.8) is 0 Å². The van der Waals surface area contributed by atoms with Gasteiger partial charge in [-0.15, -0.1) is 35.3 Å². The van der Waals surface area contributed by atoms with Crippen LogP contribution in [0.5, 0.6) is 0 Å². The van der Waals surface area contributed by atoms with E-state index in [0.29, 0.717) is 6.04 Å². The third kappa shape index (κ3) is 5.30. The number of rotatable bonds is 5. The van der Waals surface area contributed by atoms with Crippen molar-refractivity contribution in [3.05, 3.63) is 22.4 Å². The predicted octanol–water partition coefficient (Wildman–Crippen LogP) is 3.21. The lowest BCUT2D eigenvalue weighted by molar-refractivity contribution is 0.483. The zero-order chi connectivity index (χ0) is 13.0. The Labute approximate surface area is 137 Å². The second kappa shape index (κ2) is 8.09. The first-order chi connectivity index (χ1) is 8.70. The van der Waals surface area contributed by atoms with Gasteiger partial charge in [-0.3, -0.25) is 4.99 Å². The maximum atomic E-state index is 4.57.